The lowest BCUT2D eigenvalue weighted by molar-refractivity contribution is -0.385. The topological polar surface area (TPSA) is 114 Å². The van der Waals surface area contributed by atoms with Crippen molar-refractivity contribution in [3.63, 3.8) is 0 Å². The number of nitro groups is 1. The lowest BCUT2D eigenvalue weighted by Gasteiger charge is -2.22. The van der Waals surface area contributed by atoms with Gasteiger partial charge in [-0.05, 0) is 50.1 Å². The van der Waals surface area contributed by atoms with E-state index in [2.05, 4.69) is 0 Å². The highest BCUT2D eigenvalue weighted by Gasteiger charge is 2.20. The molecule has 0 atom stereocenters. The molecule has 0 spiro atoms. The average Bonchev–Trinajstić information content (AvgIpc) is 2.65. The van der Waals surface area contributed by atoms with Gasteiger partial charge in [-0.2, -0.15) is 5.26 Å². The molecule has 0 bridgehead atoms. The molecule has 0 saturated heterocycles. The number of anilines is 1. The maximum Gasteiger partial charge on any atom is 0.338 e. The number of carbonyl (C=O) groups excluding carboxylic acids is 2. The van der Waals surface area contributed by atoms with Crippen molar-refractivity contribution in [2.45, 2.75) is 27.2 Å². The second-order valence-electron chi connectivity index (χ2n) is 6.63. The highest BCUT2D eigenvalue weighted by atomic mass is 16.6. The summed E-state index contributed by atoms with van der Waals surface area (Å²) in [5, 5.41) is 19.9. The van der Waals surface area contributed by atoms with E-state index in [1.54, 1.807) is 6.92 Å². The van der Waals surface area contributed by atoms with Crippen LogP contribution in [0.1, 0.15) is 33.5 Å². The van der Waals surface area contributed by atoms with Gasteiger partial charge in [-0.15, -0.1) is 0 Å². The molecular formula is C21H21N3O5. The van der Waals surface area contributed by atoms with Crippen LogP contribution < -0.4 is 4.90 Å². The molecule has 0 aromatic heterocycles. The van der Waals surface area contributed by atoms with Crippen molar-refractivity contribution in [2.24, 2.45) is 0 Å². The minimum atomic E-state index is -0.831. The Morgan fingerprint density at radius 1 is 1.14 bits per heavy atom. The number of esters is 1. The summed E-state index contributed by atoms with van der Waals surface area (Å²) in [6.07, 6.45) is 0.122. The van der Waals surface area contributed by atoms with Gasteiger partial charge in [0.1, 0.15) is 0 Å². The van der Waals surface area contributed by atoms with Crippen molar-refractivity contribution in [3.05, 3.63) is 68.8 Å². The monoisotopic (exact) mass is 395 g/mol. The van der Waals surface area contributed by atoms with Gasteiger partial charge in [0.05, 0.1) is 23.0 Å². The van der Waals surface area contributed by atoms with Gasteiger partial charge in [0.25, 0.3) is 11.6 Å². The molecular weight excluding hydrogens is 374 g/mol. The van der Waals surface area contributed by atoms with Gasteiger partial charge in [0, 0.05) is 23.9 Å². The summed E-state index contributed by atoms with van der Waals surface area (Å²) >= 11 is 0. The standard InChI is InChI=1S/C21H21N3O5/c1-14-9-15(2)11-18(10-14)23(8-4-7-22)20(25)13-29-21(26)17-6-5-16(3)19(12-17)24(27)28/h5-6,9-12H,4,8,13H2,1-3H3. The third kappa shape index (κ3) is 5.62. The second kappa shape index (κ2) is 9.46. The molecule has 0 fully saturated rings. The fourth-order valence-corrected chi connectivity index (χ4v) is 2.89. The van der Waals surface area contributed by atoms with Gasteiger partial charge in [0.15, 0.2) is 6.61 Å². The molecule has 1 amide bonds. The molecule has 0 aliphatic heterocycles. The zero-order valence-corrected chi connectivity index (χ0v) is 16.5. The molecule has 8 heteroatoms. The van der Waals surface area contributed by atoms with Crippen molar-refractivity contribution < 1.29 is 19.2 Å². The minimum Gasteiger partial charge on any atom is -0.452 e. The zero-order valence-electron chi connectivity index (χ0n) is 16.5. The molecule has 0 heterocycles. The molecule has 0 unspecified atom stereocenters. The Bertz CT molecular complexity index is 974. The van der Waals surface area contributed by atoms with Crippen LogP contribution >= 0.6 is 0 Å². The first kappa shape index (κ1) is 21.6. The smallest absolute Gasteiger partial charge is 0.338 e. The van der Waals surface area contributed by atoms with Crippen molar-refractivity contribution in [1.29, 1.82) is 5.26 Å². The number of ether oxygens (including phenoxy) is 1. The Kier molecular flexibility index (Phi) is 7.04. The first-order chi connectivity index (χ1) is 13.7. The third-order valence-corrected chi connectivity index (χ3v) is 4.23. The van der Waals surface area contributed by atoms with Gasteiger partial charge in [-0.3, -0.25) is 14.9 Å². The number of aryl methyl sites for hydroxylation is 3. The van der Waals surface area contributed by atoms with Crippen LogP contribution in [-0.2, 0) is 9.53 Å². The molecule has 2 aromatic rings. The molecule has 0 saturated carbocycles. The summed E-state index contributed by atoms with van der Waals surface area (Å²) in [6.45, 7) is 4.97. The molecule has 0 aliphatic rings. The van der Waals surface area contributed by atoms with Crippen LogP contribution in [0.15, 0.2) is 36.4 Å². The van der Waals surface area contributed by atoms with Crippen LogP contribution in [0.3, 0.4) is 0 Å². The zero-order chi connectivity index (χ0) is 21.6. The SMILES string of the molecule is Cc1cc(C)cc(N(CCC#N)C(=O)COC(=O)c2ccc(C)c([N+](=O)[O-])c2)c1. The number of amides is 1. The summed E-state index contributed by atoms with van der Waals surface area (Å²) in [5.41, 5.74) is 2.74. The maximum absolute atomic E-state index is 12.7. The van der Waals surface area contributed by atoms with Crippen molar-refractivity contribution in [2.75, 3.05) is 18.1 Å². The number of hydrogen-bond donors (Lipinski definition) is 0. The summed E-state index contributed by atoms with van der Waals surface area (Å²) < 4.78 is 5.07. The molecule has 0 aliphatic carbocycles. The molecule has 2 rings (SSSR count). The van der Waals surface area contributed by atoms with Crippen LogP contribution in [0, 0.1) is 42.2 Å². The predicted octanol–water partition coefficient (Wildman–Crippen LogP) is 3.62. The van der Waals surface area contributed by atoms with Gasteiger partial charge in [0.2, 0.25) is 0 Å². The molecule has 29 heavy (non-hydrogen) atoms. The maximum atomic E-state index is 12.7. The van der Waals surface area contributed by atoms with Gasteiger partial charge in [-0.1, -0.05) is 12.1 Å². The highest BCUT2D eigenvalue weighted by Crippen LogP contribution is 2.21. The van der Waals surface area contributed by atoms with Crippen LogP contribution in [0.4, 0.5) is 11.4 Å². The lowest BCUT2D eigenvalue weighted by Crippen LogP contribution is -2.35. The van der Waals surface area contributed by atoms with E-state index in [1.807, 2.05) is 38.1 Å². The summed E-state index contributed by atoms with van der Waals surface area (Å²) in [7, 11) is 0. The summed E-state index contributed by atoms with van der Waals surface area (Å²) in [4.78, 5) is 36.8. The molecule has 150 valence electrons. The van der Waals surface area contributed by atoms with Crippen molar-refractivity contribution >= 4 is 23.3 Å². The van der Waals surface area contributed by atoms with E-state index in [9.17, 15) is 19.7 Å². The number of benzene rings is 2. The van der Waals surface area contributed by atoms with E-state index in [4.69, 9.17) is 10.00 Å². The van der Waals surface area contributed by atoms with E-state index < -0.39 is 23.4 Å². The summed E-state index contributed by atoms with van der Waals surface area (Å²) in [5.74, 6) is -1.32. The Balaban J connectivity index is 2.15. The predicted molar refractivity (Wildman–Crippen MR) is 107 cm³/mol. The first-order valence-corrected chi connectivity index (χ1v) is 8.90. The third-order valence-electron chi connectivity index (χ3n) is 4.23. The first-order valence-electron chi connectivity index (χ1n) is 8.90. The number of nitro benzene ring substituents is 1. The van der Waals surface area contributed by atoms with Crippen LogP contribution in [-0.4, -0.2) is 30.0 Å². The Morgan fingerprint density at radius 3 is 2.38 bits per heavy atom. The molecule has 2 aromatic carbocycles. The molecule has 8 nitrogen and oxygen atoms in total. The van der Waals surface area contributed by atoms with E-state index >= 15 is 0 Å². The van der Waals surface area contributed by atoms with Gasteiger partial charge < -0.3 is 9.64 Å². The second-order valence-corrected chi connectivity index (χ2v) is 6.63. The Labute approximate surface area is 168 Å². The van der Waals surface area contributed by atoms with Crippen molar-refractivity contribution in [1.82, 2.24) is 0 Å². The van der Waals surface area contributed by atoms with Gasteiger partial charge in [-0.25, -0.2) is 4.79 Å². The largest absolute Gasteiger partial charge is 0.452 e. The fraction of sp³-hybridized carbons (Fsp3) is 0.286. The Morgan fingerprint density at radius 2 is 1.79 bits per heavy atom. The summed E-state index contributed by atoms with van der Waals surface area (Å²) in [6, 6.07) is 11.6. The minimum absolute atomic E-state index is 0.00919. The molecule has 0 N–H and O–H groups in total. The fourth-order valence-electron chi connectivity index (χ4n) is 2.89. The normalized spacial score (nSPS) is 10.1. The highest BCUT2D eigenvalue weighted by molar-refractivity contribution is 5.97. The van der Waals surface area contributed by atoms with E-state index in [0.29, 0.717) is 11.3 Å². The van der Waals surface area contributed by atoms with Crippen LogP contribution in [0.2, 0.25) is 0 Å². The molecule has 0 radical (unpaired) electrons. The van der Waals surface area contributed by atoms with E-state index in [0.717, 1.165) is 17.2 Å². The number of carbonyl (C=O) groups is 2. The number of nitriles is 1. The van der Waals surface area contributed by atoms with E-state index in [-0.39, 0.29) is 24.2 Å². The quantitative estimate of drug-likeness (QED) is 0.402. The van der Waals surface area contributed by atoms with Crippen molar-refractivity contribution in [3.8, 4) is 6.07 Å². The number of hydrogen-bond acceptors (Lipinski definition) is 6. The Hall–Kier alpha value is -3.73. The lowest BCUT2D eigenvalue weighted by atomic mass is 10.1. The van der Waals surface area contributed by atoms with E-state index in [1.165, 1.54) is 17.0 Å². The van der Waals surface area contributed by atoms with Gasteiger partial charge >= 0.3 is 5.97 Å². The van der Waals surface area contributed by atoms with Crippen LogP contribution in [0.5, 0.6) is 0 Å². The van der Waals surface area contributed by atoms with Crippen LogP contribution in [0.25, 0.3) is 0 Å². The average molecular weight is 395 g/mol. The number of nitrogens with zero attached hydrogens (tertiary/aromatic N) is 3. The number of rotatable bonds is 7.